The molecule has 0 fully saturated rings. The topological polar surface area (TPSA) is 29.5 Å². The maximum atomic E-state index is 9.53. The summed E-state index contributed by atoms with van der Waals surface area (Å²) >= 11 is 0. The van der Waals surface area contributed by atoms with Crippen molar-refractivity contribution in [2.75, 3.05) is 6.61 Å². The number of ether oxygens (including phenoxy) is 1. The lowest BCUT2D eigenvalue weighted by atomic mass is 10.1. The van der Waals surface area contributed by atoms with Crippen molar-refractivity contribution in [3.05, 3.63) is 29.3 Å². The Hall–Kier alpha value is -1.02. The monoisotopic (exact) mass is 207 g/mol. The molecule has 0 heterocycles. The number of rotatable bonds is 4. The van der Waals surface area contributed by atoms with E-state index >= 15 is 0 Å². The Morgan fingerprint density at radius 2 is 2.07 bits per heavy atom. The molecule has 2 nitrogen and oxygen atoms in total. The van der Waals surface area contributed by atoms with E-state index in [1.807, 2.05) is 26.0 Å². The number of benzene rings is 1. The van der Waals surface area contributed by atoms with E-state index in [2.05, 4.69) is 6.07 Å². The zero-order chi connectivity index (χ0) is 11.5. The van der Waals surface area contributed by atoms with Gasteiger partial charge in [0.1, 0.15) is 5.75 Å². The van der Waals surface area contributed by atoms with Gasteiger partial charge in [0, 0.05) is 6.42 Å². The van der Waals surface area contributed by atoms with Gasteiger partial charge in [0.25, 0.3) is 0 Å². The van der Waals surface area contributed by atoms with Gasteiger partial charge in [-0.2, -0.15) is 0 Å². The average Bonchev–Trinajstić information content (AvgIpc) is 2.10. The molecule has 0 saturated heterocycles. The molecule has 83 valence electrons. The fraction of sp³-hybridized carbons (Fsp3) is 0.538. The first-order valence-electron chi connectivity index (χ1n) is 5.23. The fourth-order valence-corrected chi connectivity index (χ4v) is 1.23. The molecule has 0 aliphatic heterocycles. The second-order valence-electron chi connectivity index (χ2n) is 4.50. The Labute approximate surface area is 91.9 Å². The quantitative estimate of drug-likeness (QED) is 0.822. The molecule has 2 heteroatoms. The van der Waals surface area contributed by atoms with Crippen LogP contribution in [0.15, 0.2) is 12.1 Å². The average molecular weight is 207 g/mol. The number of aryl methyl sites for hydroxylation is 1. The summed E-state index contributed by atoms with van der Waals surface area (Å²) in [6, 6.07) is 6.89. The van der Waals surface area contributed by atoms with Gasteiger partial charge in [-0.15, -0.1) is 0 Å². The molecule has 0 spiro atoms. The van der Waals surface area contributed by atoms with E-state index in [0.717, 1.165) is 16.9 Å². The summed E-state index contributed by atoms with van der Waals surface area (Å²) in [7, 11) is 0. The van der Waals surface area contributed by atoms with Crippen molar-refractivity contribution in [1.82, 2.24) is 0 Å². The third kappa shape index (κ3) is 3.92. The molecule has 1 aromatic rings. The molecule has 1 aromatic carbocycles. The SMILES string of the molecule is Cc1[c]ccc(OCCC(C)(C)O)c1C. The smallest absolute Gasteiger partial charge is 0.122 e. The van der Waals surface area contributed by atoms with Gasteiger partial charge in [-0.25, -0.2) is 0 Å². The second kappa shape index (κ2) is 4.67. The van der Waals surface area contributed by atoms with Gasteiger partial charge in [0.05, 0.1) is 12.2 Å². The van der Waals surface area contributed by atoms with Gasteiger partial charge in [0.2, 0.25) is 0 Å². The van der Waals surface area contributed by atoms with Crippen LogP contribution >= 0.6 is 0 Å². The normalized spacial score (nSPS) is 11.5. The van der Waals surface area contributed by atoms with Crippen molar-refractivity contribution in [3.8, 4) is 5.75 Å². The van der Waals surface area contributed by atoms with E-state index < -0.39 is 5.60 Å². The minimum atomic E-state index is -0.663. The highest BCUT2D eigenvalue weighted by Gasteiger charge is 2.12. The van der Waals surface area contributed by atoms with E-state index in [9.17, 15) is 5.11 Å². The van der Waals surface area contributed by atoms with Crippen LogP contribution in [0.2, 0.25) is 0 Å². The Morgan fingerprint density at radius 1 is 1.40 bits per heavy atom. The Bertz CT molecular complexity index is 324. The predicted molar refractivity (Wildman–Crippen MR) is 61.2 cm³/mol. The summed E-state index contributed by atoms with van der Waals surface area (Å²) < 4.78 is 5.61. The van der Waals surface area contributed by atoms with E-state index in [1.165, 1.54) is 0 Å². The maximum absolute atomic E-state index is 9.53. The third-order valence-electron chi connectivity index (χ3n) is 2.44. The second-order valence-corrected chi connectivity index (χ2v) is 4.50. The summed E-state index contributed by atoms with van der Waals surface area (Å²) in [6.07, 6.45) is 0.629. The van der Waals surface area contributed by atoms with Crippen LogP contribution in [0, 0.1) is 19.9 Å². The van der Waals surface area contributed by atoms with Gasteiger partial charge in [-0.05, 0) is 51.0 Å². The molecule has 0 unspecified atom stereocenters. The van der Waals surface area contributed by atoms with E-state index in [0.29, 0.717) is 13.0 Å². The predicted octanol–water partition coefficient (Wildman–Crippen LogP) is 2.64. The molecule has 0 aromatic heterocycles. The Kier molecular flexibility index (Phi) is 3.75. The number of aliphatic hydroxyl groups is 1. The van der Waals surface area contributed by atoms with Crippen LogP contribution in [0.25, 0.3) is 0 Å². The summed E-state index contributed by atoms with van der Waals surface area (Å²) in [5.41, 5.74) is 1.56. The fourth-order valence-electron chi connectivity index (χ4n) is 1.23. The van der Waals surface area contributed by atoms with Gasteiger partial charge in [0.15, 0.2) is 0 Å². The molecular formula is C13H19O2. The van der Waals surface area contributed by atoms with Gasteiger partial charge >= 0.3 is 0 Å². The number of hydrogen-bond donors (Lipinski definition) is 1. The van der Waals surface area contributed by atoms with Crippen LogP contribution in [-0.2, 0) is 0 Å². The lowest BCUT2D eigenvalue weighted by molar-refractivity contribution is 0.0552. The molecule has 0 bridgehead atoms. The van der Waals surface area contributed by atoms with Crippen molar-refractivity contribution >= 4 is 0 Å². The third-order valence-corrected chi connectivity index (χ3v) is 2.44. The molecule has 1 rings (SSSR count). The van der Waals surface area contributed by atoms with Crippen molar-refractivity contribution in [2.45, 2.75) is 39.7 Å². The zero-order valence-electron chi connectivity index (χ0n) is 9.92. The highest BCUT2D eigenvalue weighted by Crippen LogP contribution is 2.20. The Morgan fingerprint density at radius 3 is 2.67 bits per heavy atom. The summed E-state index contributed by atoms with van der Waals surface area (Å²) in [5.74, 6) is 0.885. The molecular weight excluding hydrogens is 188 g/mol. The van der Waals surface area contributed by atoms with Crippen LogP contribution < -0.4 is 4.74 Å². The minimum Gasteiger partial charge on any atom is -0.493 e. The summed E-state index contributed by atoms with van der Waals surface area (Å²) in [6.45, 7) is 8.14. The maximum Gasteiger partial charge on any atom is 0.122 e. The first-order valence-corrected chi connectivity index (χ1v) is 5.23. The van der Waals surface area contributed by atoms with Crippen molar-refractivity contribution < 1.29 is 9.84 Å². The van der Waals surface area contributed by atoms with Crippen molar-refractivity contribution in [3.63, 3.8) is 0 Å². The van der Waals surface area contributed by atoms with Crippen LogP contribution in [0.5, 0.6) is 5.75 Å². The van der Waals surface area contributed by atoms with Crippen LogP contribution in [0.1, 0.15) is 31.4 Å². The minimum absolute atomic E-state index is 0.536. The Balaban J connectivity index is 2.55. The van der Waals surface area contributed by atoms with E-state index in [1.54, 1.807) is 13.8 Å². The molecule has 0 amide bonds. The van der Waals surface area contributed by atoms with Crippen LogP contribution in [-0.4, -0.2) is 17.3 Å². The zero-order valence-corrected chi connectivity index (χ0v) is 9.92. The van der Waals surface area contributed by atoms with E-state index in [4.69, 9.17) is 4.74 Å². The lowest BCUT2D eigenvalue weighted by Gasteiger charge is -2.18. The van der Waals surface area contributed by atoms with E-state index in [-0.39, 0.29) is 0 Å². The lowest BCUT2D eigenvalue weighted by Crippen LogP contribution is -2.21. The first kappa shape index (κ1) is 12.1. The number of hydrogen-bond acceptors (Lipinski definition) is 2. The van der Waals surface area contributed by atoms with Crippen LogP contribution in [0.3, 0.4) is 0 Å². The van der Waals surface area contributed by atoms with Crippen molar-refractivity contribution in [1.29, 1.82) is 0 Å². The molecule has 15 heavy (non-hydrogen) atoms. The van der Waals surface area contributed by atoms with Gasteiger partial charge in [-0.1, -0.05) is 6.07 Å². The molecule has 0 saturated carbocycles. The largest absolute Gasteiger partial charge is 0.493 e. The highest BCUT2D eigenvalue weighted by molar-refractivity contribution is 5.37. The summed E-state index contributed by atoms with van der Waals surface area (Å²) in [4.78, 5) is 0. The molecule has 1 N–H and O–H groups in total. The van der Waals surface area contributed by atoms with Crippen LogP contribution in [0.4, 0.5) is 0 Å². The summed E-state index contributed by atoms with van der Waals surface area (Å²) in [5, 5.41) is 9.53. The van der Waals surface area contributed by atoms with Crippen molar-refractivity contribution in [2.24, 2.45) is 0 Å². The highest BCUT2D eigenvalue weighted by atomic mass is 16.5. The molecule has 0 aliphatic carbocycles. The molecule has 1 radical (unpaired) electrons. The van der Waals surface area contributed by atoms with Gasteiger partial charge in [-0.3, -0.25) is 0 Å². The standard InChI is InChI=1S/C13H19O2/c1-10-6-5-7-12(11(10)2)15-9-8-13(3,4)14/h5,7,14H,8-9H2,1-4H3. The first-order chi connectivity index (χ1) is 6.90. The van der Waals surface area contributed by atoms with Gasteiger partial charge < -0.3 is 9.84 Å². The molecule has 0 atom stereocenters. The molecule has 0 aliphatic rings.